The molecule has 0 heterocycles. The standard InChI is InChI=1S/C5H8N.2C2H3.Na/c1-4-6(3)5-2;2*1-2;/h1-2H,3-5H2;2*1H,2H2;/q3*-1;+1. The van der Waals surface area contributed by atoms with E-state index in [0.717, 1.165) is 0 Å². The summed E-state index contributed by atoms with van der Waals surface area (Å²) >= 11 is 0. The first kappa shape index (κ1) is 22.7. The van der Waals surface area contributed by atoms with Gasteiger partial charge in [0.2, 0.25) is 0 Å². The van der Waals surface area contributed by atoms with Crippen LogP contribution in [0.2, 0.25) is 0 Å². The van der Waals surface area contributed by atoms with Crippen molar-refractivity contribution >= 4 is 0 Å². The van der Waals surface area contributed by atoms with E-state index in [1.165, 1.54) is 0 Å². The Labute approximate surface area is 95.8 Å². The summed E-state index contributed by atoms with van der Waals surface area (Å²) in [5, 5.41) is 0. The summed E-state index contributed by atoms with van der Waals surface area (Å²) in [5.41, 5.74) is 0. The summed E-state index contributed by atoms with van der Waals surface area (Å²) in [7, 11) is 3.46. The van der Waals surface area contributed by atoms with Crippen molar-refractivity contribution in [2.24, 2.45) is 0 Å². The van der Waals surface area contributed by atoms with Crippen molar-refractivity contribution in [2.75, 3.05) is 13.1 Å². The Hall–Kier alpha value is 0.960. The van der Waals surface area contributed by atoms with Gasteiger partial charge in [0.05, 0.1) is 0 Å². The predicted molar refractivity (Wildman–Crippen MR) is 44.8 cm³/mol. The zero-order valence-electron chi connectivity index (χ0n) is 7.29. The average Bonchev–Trinajstić information content (AvgIpc) is 2.10. The molecule has 0 spiro atoms. The number of hydrogen-bond donors (Lipinski definition) is 0. The Morgan fingerprint density at radius 1 is 0.909 bits per heavy atom. The first-order valence-corrected chi connectivity index (χ1v) is 2.58. The molecule has 0 atom stereocenters. The van der Waals surface area contributed by atoms with E-state index < -0.39 is 0 Å². The van der Waals surface area contributed by atoms with Crippen molar-refractivity contribution < 1.29 is 29.6 Å². The summed E-state index contributed by atoms with van der Waals surface area (Å²) in [6.07, 6.45) is 0. The number of rotatable bonds is 2. The molecular weight excluding hydrogens is 145 g/mol. The fourth-order valence-corrected chi connectivity index (χ4v) is 0.0745. The Kier molecular flexibility index (Phi) is 63.1. The second kappa shape index (κ2) is 30.6. The van der Waals surface area contributed by atoms with Gasteiger partial charge < -0.3 is 18.7 Å². The van der Waals surface area contributed by atoms with Crippen molar-refractivity contribution in [3.05, 3.63) is 48.6 Å². The SMILES string of the molecule is [CH]CN([CH2-])C[CH].[CH][CH2-].[CH][CH2-].[Na+]. The van der Waals surface area contributed by atoms with E-state index in [1.54, 1.807) is 4.90 Å². The third kappa shape index (κ3) is 35.8. The van der Waals surface area contributed by atoms with Crippen molar-refractivity contribution in [3.8, 4) is 0 Å². The molecule has 2 heteroatoms. The second-order valence-electron chi connectivity index (χ2n) is 1.04. The van der Waals surface area contributed by atoms with Gasteiger partial charge in [0.15, 0.2) is 0 Å². The van der Waals surface area contributed by atoms with Crippen LogP contribution in [0, 0.1) is 48.6 Å². The van der Waals surface area contributed by atoms with Crippen LogP contribution in [-0.4, -0.2) is 18.0 Å². The van der Waals surface area contributed by atoms with Crippen LogP contribution in [0.1, 0.15) is 0 Å². The van der Waals surface area contributed by atoms with Crippen LogP contribution in [-0.2, 0) is 0 Å². The second-order valence-corrected chi connectivity index (χ2v) is 1.04. The molecule has 0 saturated carbocycles. The molecule has 0 aromatic rings. The van der Waals surface area contributed by atoms with Gasteiger partial charge in [0, 0.05) is 0 Å². The normalized spacial score (nSPS) is 6.55. The van der Waals surface area contributed by atoms with Gasteiger partial charge in [-0.15, -0.1) is 0 Å². The van der Waals surface area contributed by atoms with Gasteiger partial charge in [-0.05, 0) is 26.9 Å². The molecule has 0 aliphatic rings. The quantitative estimate of drug-likeness (QED) is 0.353. The molecule has 0 fully saturated rings. The van der Waals surface area contributed by atoms with Gasteiger partial charge in [-0.3, -0.25) is 7.05 Å². The van der Waals surface area contributed by atoms with E-state index in [4.69, 9.17) is 13.8 Å². The maximum absolute atomic E-state index is 5.07. The maximum atomic E-state index is 5.07. The number of hydrogen-bond acceptors (Lipinski definition) is 1. The molecule has 0 aliphatic heterocycles. The molecule has 0 saturated heterocycles. The zero-order valence-corrected chi connectivity index (χ0v) is 9.29. The third-order valence-electron chi connectivity index (χ3n) is 0.516. The average molecular weight is 159 g/mol. The monoisotopic (exact) mass is 159 g/mol. The first-order chi connectivity index (χ1) is 4.81. The number of nitrogens with zero attached hydrogens (tertiary/aromatic N) is 1. The van der Waals surface area contributed by atoms with Crippen molar-refractivity contribution in [1.29, 1.82) is 0 Å². The minimum Gasteiger partial charge on any atom is -0.459 e. The van der Waals surface area contributed by atoms with Crippen LogP contribution in [0.5, 0.6) is 0 Å². The summed E-state index contributed by atoms with van der Waals surface area (Å²) in [6, 6.07) is 0. The molecule has 0 aromatic carbocycles. The maximum Gasteiger partial charge on any atom is 1.00 e. The van der Waals surface area contributed by atoms with Gasteiger partial charge in [-0.1, -0.05) is 0 Å². The Morgan fingerprint density at radius 2 is 1.09 bits per heavy atom. The van der Waals surface area contributed by atoms with Gasteiger partial charge in [0.25, 0.3) is 0 Å². The third-order valence-corrected chi connectivity index (χ3v) is 0.516. The molecule has 0 bridgehead atoms. The van der Waals surface area contributed by atoms with E-state index in [9.17, 15) is 0 Å². The summed E-state index contributed by atoms with van der Waals surface area (Å²) in [5.74, 6) is 0. The minimum atomic E-state index is 0. The van der Waals surface area contributed by atoms with Gasteiger partial charge in [0.1, 0.15) is 0 Å². The Bertz CT molecular complexity index is 28.7. The summed E-state index contributed by atoms with van der Waals surface area (Å²) < 4.78 is 0. The fraction of sp³-hybridized carbons (Fsp3) is 0.222. The van der Waals surface area contributed by atoms with Gasteiger partial charge >= 0.3 is 29.6 Å². The van der Waals surface area contributed by atoms with Crippen LogP contribution < -0.4 is 29.6 Å². The summed E-state index contributed by atoms with van der Waals surface area (Å²) in [6.45, 7) is 25.0. The molecule has 0 aromatic heterocycles. The molecule has 0 amide bonds. The minimum absolute atomic E-state index is 0. The van der Waals surface area contributed by atoms with Crippen LogP contribution in [0.3, 0.4) is 0 Å². The van der Waals surface area contributed by atoms with Crippen molar-refractivity contribution in [3.63, 3.8) is 0 Å². The Balaban J connectivity index is -0.0000000428. The molecule has 8 radical (unpaired) electrons. The molecule has 0 unspecified atom stereocenters. The van der Waals surface area contributed by atoms with E-state index in [1.807, 2.05) is 0 Å². The van der Waals surface area contributed by atoms with Crippen molar-refractivity contribution in [1.82, 2.24) is 4.90 Å². The molecule has 0 aliphatic carbocycles. The van der Waals surface area contributed by atoms with Crippen LogP contribution in [0.25, 0.3) is 0 Å². The smallest absolute Gasteiger partial charge is 0.459 e. The fourth-order valence-electron chi connectivity index (χ4n) is 0.0745. The molecule has 0 rings (SSSR count). The zero-order chi connectivity index (χ0) is 8.99. The van der Waals surface area contributed by atoms with E-state index >= 15 is 0 Å². The first-order valence-electron chi connectivity index (χ1n) is 2.58. The van der Waals surface area contributed by atoms with E-state index in [-0.39, 0.29) is 29.6 Å². The molecular formula is C9H14NNa-2. The molecule has 11 heavy (non-hydrogen) atoms. The van der Waals surface area contributed by atoms with Crippen LogP contribution in [0.15, 0.2) is 0 Å². The van der Waals surface area contributed by atoms with Crippen LogP contribution in [0.4, 0.5) is 0 Å². The Morgan fingerprint density at radius 3 is 1.09 bits per heavy atom. The molecule has 1 nitrogen and oxygen atoms in total. The topological polar surface area (TPSA) is 3.24 Å². The molecule has 0 N–H and O–H groups in total. The largest absolute Gasteiger partial charge is 1.00 e. The van der Waals surface area contributed by atoms with Gasteiger partial charge in [-0.25, -0.2) is 13.8 Å². The summed E-state index contributed by atoms with van der Waals surface area (Å²) in [4.78, 5) is 1.56. The van der Waals surface area contributed by atoms with Gasteiger partial charge in [-0.2, -0.15) is 0 Å². The van der Waals surface area contributed by atoms with E-state index in [2.05, 4.69) is 34.7 Å². The van der Waals surface area contributed by atoms with E-state index in [0.29, 0.717) is 13.1 Å². The van der Waals surface area contributed by atoms with Crippen LogP contribution >= 0.6 is 0 Å². The predicted octanol–water partition coefficient (Wildman–Crippen LogP) is -1.43. The van der Waals surface area contributed by atoms with Crippen molar-refractivity contribution in [2.45, 2.75) is 0 Å². The molecule has 58 valence electrons.